The van der Waals surface area contributed by atoms with Crippen molar-refractivity contribution in [3.05, 3.63) is 11.6 Å². The van der Waals surface area contributed by atoms with Crippen LogP contribution in [0.15, 0.2) is 11.6 Å². The molecule has 30 heavy (non-hydrogen) atoms. The summed E-state index contributed by atoms with van der Waals surface area (Å²) in [6.45, 7) is 13.1. The van der Waals surface area contributed by atoms with Crippen LogP contribution in [0.25, 0.3) is 0 Å². The summed E-state index contributed by atoms with van der Waals surface area (Å²) in [4.78, 5) is 11.8. The lowest BCUT2D eigenvalue weighted by atomic mass is 9.46. The molecule has 0 aliphatic heterocycles. The molecule has 0 bridgehead atoms. The Morgan fingerprint density at radius 3 is 2.43 bits per heavy atom. The fourth-order valence-corrected chi connectivity index (χ4v) is 9.14. The SMILES string of the molecule is CC(=O)O[C@@]1(C)CC[C@H]2[C@@H]3CCC4=C[C@@H](O[Si](C)(C)C)CC[C@]4(CO)[C@H]3CC[C@@]21C. The van der Waals surface area contributed by atoms with E-state index in [0.29, 0.717) is 17.8 Å². The zero-order valence-electron chi connectivity index (χ0n) is 19.9. The molecule has 4 rings (SSSR count). The normalized spacial score (nSPS) is 45.8. The van der Waals surface area contributed by atoms with Crippen molar-refractivity contribution in [1.82, 2.24) is 0 Å². The van der Waals surface area contributed by atoms with Crippen molar-refractivity contribution in [2.24, 2.45) is 28.6 Å². The Balaban J connectivity index is 1.61. The topological polar surface area (TPSA) is 55.8 Å². The van der Waals surface area contributed by atoms with E-state index in [-0.39, 0.29) is 35.1 Å². The van der Waals surface area contributed by atoms with E-state index in [4.69, 9.17) is 9.16 Å². The van der Waals surface area contributed by atoms with Crippen LogP contribution in [-0.4, -0.2) is 37.7 Å². The summed E-state index contributed by atoms with van der Waals surface area (Å²) >= 11 is 0. The van der Waals surface area contributed by atoms with Crippen LogP contribution in [-0.2, 0) is 14.0 Å². The van der Waals surface area contributed by atoms with Gasteiger partial charge in [-0.1, -0.05) is 18.6 Å². The number of esters is 1. The number of fused-ring (bicyclic) bond motifs is 5. The van der Waals surface area contributed by atoms with Crippen molar-refractivity contribution >= 4 is 14.3 Å². The number of aliphatic hydroxyl groups is 1. The molecule has 4 nitrogen and oxygen atoms in total. The third-order valence-corrected chi connectivity index (χ3v) is 10.5. The predicted molar refractivity (Wildman–Crippen MR) is 122 cm³/mol. The van der Waals surface area contributed by atoms with E-state index in [9.17, 15) is 9.90 Å². The third kappa shape index (κ3) is 3.43. The Bertz CT molecular complexity index is 727. The van der Waals surface area contributed by atoms with E-state index in [1.54, 1.807) is 6.92 Å². The van der Waals surface area contributed by atoms with Crippen LogP contribution in [0.1, 0.15) is 72.1 Å². The molecule has 0 saturated heterocycles. The van der Waals surface area contributed by atoms with Gasteiger partial charge in [-0.25, -0.2) is 0 Å². The van der Waals surface area contributed by atoms with Crippen LogP contribution >= 0.6 is 0 Å². The minimum atomic E-state index is -1.58. The zero-order chi connectivity index (χ0) is 21.9. The van der Waals surface area contributed by atoms with Gasteiger partial charge in [0.25, 0.3) is 0 Å². The van der Waals surface area contributed by atoms with Crippen LogP contribution in [0.3, 0.4) is 0 Å². The average Bonchev–Trinajstić information content (AvgIpc) is 2.90. The van der Waals surface area contributed by atoms with Crippen LogP contribution in [0.4, 0.5) is 0 Å². The fraction of sp³-hybridized carbons (Fsp3) is 0.880. The molecule has 0 spiro atoms. The van der Waals surface area contributed by atoms with E-state index in [2.05, 4.69) is 39.6 Å². The number of hydrogen-bond acceptors (Lipinski definition) is 4. The van der Waals surface area contributed by atoms with Gasteiger partial charge in [-0.05, 0) is 95.7 Å². The summed E-state index contributed by atoms with van der Waals surface area (Å²) in [5, 5.41) is 10.7. The molecule has 3 fully saturated rings. The van der Waals surface area contributed by atoms with Gasteiger partial charge in [-0.2, -0.15) is 0 Å². The van der Waals surface area contributed by atoms with Gasteiger partial charge < -0.3 is 14.3 Å². The quantitative estimate of drug-likeness (QED) is 0.362. The number of ether oxygens (including phenoxy) is 1. The zero-order valence-corrected chi connectivity index (χ0v) is 20.9. The van der Waals surface area contributed by atoms with Crippen molar-refractivity contribution in [2.75, 3.05) is 6.61 Å². The minimum Gasteiger partial charge on any atom is -0.459 e. The number of rotatable bonds is 4. The molecule has 4 aliphatic carbocycles. The molecule has 5 heteroatoms. The van der Waals surface area contributed by atoms with Crippen LogP contribution in [0.2, 0.25) is 19.6 Å². The van der Waals surface area contributed by atoms with Gasteiger partial charge in [0.15, 0.2) is 8.32 Å². The first-order valence-corrected chi connectivity index (χ1v) is 15.5. The van der Waals surface area contributed by atoms with Crippen molar-refractivity contribution in [3.8, 4) is 0 Å². The Labute approximate surface area is 183 Å². The van der Waals surface area contributed by atoms with Gasteiger partial charge in [0.1, 0.15) is 5.60 Å². The standard InChI is InChI=1S/C25H42O4Si/c1-17(27)28-24(3)13-11-21-20-8-7-18-15-19(29-30(4,5)6)9-14-25(18,16-26)22(20)10-12-23(21,24)2/h15,19-22,26H,7-14,16H2,1-6H3/t19-,20-,21-,22-,23-,24-,25+/m0/s1. The summed E-state index contributed by atoms with van der Waals surface area (Å²) in [6, 6.07) is 0. The molecule has 0 aromatic rings. The Hall–Kier alpha value is -0.653. The first-order chi connectivity index (χ1) is 13.9. The molecule has 4 aliphatic rings. The summed E-state index contributed by atoms with van der Waals surface area (Å²) in [6.07, 6.45) is 11.3. The number of carbonyl (C=O) groups excluding carboxylic acids is 1. The molecule has 170 valence electrons. The molecule has 0 amide bonds. The summed E-state index contributed by atoms with van der Waals surface area (Å²) in [5.41, 5.74) is 1.13. The lowest BCUT2D eigenvalue weighted by Crippen LogP contribution is -2.56. The van der Waals surface area contributed by atoms with Crippen molar-refractivity contribution < 1.29 is 19.1 Å². The summed E-state index contributed by atoms with van der Waals surface area (Å²) < 4.78 is 12.4. The first kappa shape index (κ1) is 22.5. The third-order valence-electron chi connectivity index (χ3n) is 9.48. The highest BCUT2D eigenvalue weighted by Crippen LogP contribution is 2.68. The van der Waals surface area contributed by atoms with E-state index >= 15 is 0 Å². The lowest BCUT2D eigenvalue weighted by Gasteiger charge is -2.60. The second-order valence-corrected chi connectivity index (χ2v) is 16.5. The number of hydrogen-bond donors (Lipinski definition) is 1. The lowest BCUT2D eigenvalue weighted by molar-refractivity contribution is -0.179. The van der Waals surface area contributed by atoms with E-state index < -0.39 is 8.32 Å². The molecule has 1 N–H and O–H groups in total. The second-order valence-electron chi connectivity index (χ2n) is 12.0. The van der Waals surface area contributed by atoms with Gasteiger partial charge in [0, 0.05) is 17.8 Å². The molecule has 0 heterocycles. The molecule has 0 unspecified atom stereocenters. The maximum absolute atomic E-state index is 11.8. The Morgan fingerprint density at radius 1 is 1.10 bits per heavy atom. The van der Waals surface area contributed by atoms with E-state index in [0.717, 1.165) is 44.9 Å². The van der Waals surface area contributed by atoms with Crippen LogP contribution in [0.5, 0.6) is 0 Å². The number of carbonyl (C=O) groups is 1. The van der Waals surface area contributed by atoms with Crippen molar-refractivity contribution in [1.29, 1.82) is 0 Å². The Morgan fingerprint density at radius 2 is 1.80 bits per heavy atom. The van der Waals surface area contributed by atoms with Gasteiger partial charge in [0.05, 0.1) is 12.7 Å². The summed E-state index contributed by atoms with van der Waals surface area (Å²) in [7, 11) is -1.58. The van der Waals surface area contributed by atoms with Crippen molar-refractivity contribution in [3.63, 3.8) is 0 Å². The maximum atomic E-state index is 11.8. The molecule has 0 radical (unpaired) electrons. The smallest absolute Gasteiger partial charge is 0.303 e. The number of aliphatic hydroxyl groups excluding tert-OH is 1. The van der Waals surface area contributed by atoms with E-state index in [1.807, 2.05) is 0 Å². The highest BCUT2D eigenvalue weighted by Gasteiger charge is 2.64. The largest absolute Gasteiger partial charge is 0.459 e. The van der Waals surface area contributed by atoms with E-state index in [1.165, 1.54) is 12.0 Å². The van der Waals surface area contributed by atoms with Gasteiger partial charge in [-0.15, -0.1) is 0 Å². The second kappa shape index (κ2) is 7.45. The van der Waals surface area contributed by atoms with Crippen LogP contribution in [0, 0.1) is 28.6 Å². The maximum Gasteiger partial charge on any atom is 0.303 e. The minimum absolute atomic E-state index is 0.0514. The van der Waals surface area contributed by atoms with Crippen molar-refractivity contribution in [2.45, 2.75) is 103 Å². The van der Waals surface area contributed by atoms with Gasteiger partial charge in [0.2, 0.25) is 0 Å². The molecular formula is C25H42O4Si. The van der Waals surface area contributed by atoms with Crippen LogP contribution < -0.4 is 0 Å². The molecule has 0 aromatic carbocycles. The predicted octanol–water partition coefficient (Wildman–Crippen LogP) is 5.46. The average molecular weight is 435 g/mol. The molecular weight excluding hydrogens is 392 g/mol. The molecule has 0 aromatic heterocycles. The highest BCUT2D eigenvalue weighted by molar-refractivity contribution is 6.69. The Kier molecular flexibility index (Phi) is 5.60. The van der Waals surface area contributed by atoms with Gasteiger partial charge >= 0.3 is 5.97 Å². The first-order valence-electron chi connectivity index (χ1n) is 12.1. The molecule has 7 atom stereocenters. The van der Waals surface area contributed by atoms with Gasteiger partial charge in [-0.3, -0.25) is 4.79 Å². The summed E-state index contributed by atoms with van der Waals surface area (Å²) in [5.74, 6) is 1.61. The molecule has 3 saturated carbocycles. The monoisotopic (exact) mass is 434 g/mol. The highest BCUT2D eigenvalue weighted by atomic mass is 28.4. The fourth-order valence-electron chi connectivity index (χ4n) is 8.04.